The highest BCUT2D eigenvalue weighted by Crippen LogP contribution is 2.35. The first kappa shape index (κ1) is 19.7. The topological polar surface area (TPSA) is 64.7 Å². The fraction of sp³-hybridized carbons (Fsp3) is 0.364. The second-order valence-corrected chi connectivity index (χ2v) is 7.14. The lowest BCUT2D eigenvalue weighted by Gasteiger charge is -2.31. The molecular weight excluding hydrogens is 352 g/mol. The average molecular weight is 380 g/mol. The number of para-hydroxylation sites is 1. The number of amides is 2. The molecular formula is C22H28N4O2. The molecule has 2 amide bonds. The van der Waals surface area contributed by atoms with Crippen molar-refractivity contribution in [3.8, 4) is 0 Å². The van der Waals surface area contributed by atoms with Crippen LogP contribution in [0.2, 0.25) is 0 Å². The molecule has 6 heteroatoms. The smallest absolute Gasteiger partial charge is 0.309 e. The van der Waals surface area contributed by atoms with E-state index in [1.165, 1.54) is 11.3 Å². The number of hydrogen-bond acceptors (Lipinski definition) is 4. The highest BCUT2D eigenvalue weighted by molar-refractivity contribution is 6.35. The molecule has 1 aliphatic rings. The summed E-state index contributed by atoms with van der Waals surface area (Å²) in [7, 11) is 4.02. The molecule has 3 rings (SSSR count). The van der Waals surface area contributed by atoms with Gasteiger partial charge in [-0.1, -0.05) is 30.3 Å². The van der Waals surface area contributed by atoms with Crippen molar-refractivity contribution in [2.75, 3.05) is 43.5 Å². The molecule has 28 heavy (non-hydrogen) atoms. The number of nitrogens with zero attached hydrogens (tertiary/aromatic N) is 2. The van der Waals surface area contributed by atoms with Gasteiger partial charge >= 0.3 is 11.8 Å². The third-order valence-electron chi connectivity index (χ3n) is 5.09. The van der Waals surface area contributed by atoms with Crippen LogP contribution in [0.4, 0.5) is 11.4 Å². The van der Waals surface area contributed by atoms with Crippen LogP contribution in [0.15, 0.2) is 48.5 Å². The third-order valence-corrected chi connectivity index (χ3v) is 5.09. The maximum absolute atomic E-state index is 12.1. The molecule has 2 aromatic rings. The van der Waals surface area contributed by atoms with Crippen molar-refractivity contribution in [1.29, 1.82) is 0 Å². The minimum Gasteiger partial charge on any atom is -0.378 e. The number of hydrogen-bond donors (Lipinski definition) is 2. The molecule has 6 nitrogen and oxygen atoms in total. The minimum absolute atomic E-state index is 0.0433. The first-order valence-corrected chi connectivity index (χ1v) is 9.69. The van der Waals surface area contributed by atoms with E-state index >= 15 is 0 Å². The van der Waals surface area contributed by atoms with Gasteiger partial charge in [0.2, 0.25) is 0 Å². The number of fused-ring (bicyclic) bond motifs is 1. The van der Waals surface area contributed by atoms with E-state index in [0.29, 0.717) is 13.1 Å². The molecule has 0 radical (unpaired) electrons. The molecule has 0 bridgehead atoms. The first-order chi connectivity index (χ1) is 13.5. The van der Waals surface area contributed by atoms with Gasteiger partial charge in [-0.15, -0.1) is 0 Å². The van der Waals surface area contributed by atoms with Gasteiger partial charge in [0.1, 0.15) is 0 Å². The predicted molar refractivity (Wildman–Crippen MR) is 113 cm³/mol. The summed E-state index contributed by atoms with van der Waals surface area (Å²) in [4.78, 5) is 28.3. The predicted octanol–water partition coefficient (Wildman–Crippen LogP) is 2.11. The summed E-state index contributed by atoms with van der Waals surface area (Å²) in [6.07, 6.45) is 0.979. The van der Waals surface area contributed by atoms with Crippen LogP contribution in [-0.4, -0.2) is 45.5 Å². The number of nitrogens with one attached hydrogen (secondary N) is 2. The van der Waals surface area contributed by atoms with Crippen molar-refractivity contribution < 1.29 is 9.59 Å². The molecule has 1 aliphatic heterocycles. The van der Waals surface area contributed by atoms with Crippen LogP contribution in [-0.2, 0) is 16.0 Å². The largest absolute Gasteiger partial charge is 0.378 e. The van der Waals surface area contributed by atoms with Gasteiger partial charge < -0.3 is 20.4 Å². The Kier molecular flexibility index (Phi) is 6.19. The standard InChI is InChI=1S/C22H28N4O2/c1-4-23-21(27)22(28)24-15-20(17-9-11-18(12-10-17)25(2)3)26-14-13-16-7-5-6-8-19(16)26/h5-12,20H,4,13-15H2,1-3H3,(H,23,27)(H,24,28)/t20-/m0/s1. The molecule has 0 fully saturated rings. The van der Waals surface area contributed by atoms with E-state index in [1.807, 2.05) is 20.2 Å². The molecule has 0 aliphatic carbocycles. The molecule has 0 saturated heterocycles. The Morgan fingerprint density at radius 2 is 1.71 bits per heavy atom. The monoisotopic (exact) mass is 380 g/mol. The summed E-state index contributed by atoms with van der Waals surface area (Å²) in [6.45, 7) is 3.48. The Labute approximate surface area is 166 Å². The fourth-order valence-corrected chi connectivity index (χ4v) is 3.60. The molecule has 148 valence electrons. The van der Waals surface area contributed by atoms with Crippen molar-refractivity contribution in [2.24, 2.45) is 0 Å². The third kappa shape index (κ3) is 4.27. The lowest BCUT2D eigenvalue weighted by molar-refractivity contribution is -0.139. The number of anilines is 2. The molecule has 1 heterocycles. The van der Waals surface area contributed by atoms with Crippen molar-refractivity contribution in [3.05, 3.63) is 59.7 Å². The summed E-state index contributed by atoms with van der Waals surface area (Å²) in [5.74, 6) is -1.18. The summed E-state index contributed by atoms with van der Waals surface area (Å²) in [5.41, 5.74) is 4.73. The van der Waals surface area contributed by atoms with E-state index in [4.69, 9.17) is 0 Å². The zero-order chi connectivity index (χ0) is 20.1. The fourth-order valence-electron chi connectivity index (χ4n) is 3.60. The van der Waals surface area contributed by atoms with Gasteiger partial charge in [0.05, 0.1) is 6.04 Å². The molecule has 2 N–H and O–H groups in total. The van der Waals surface area contributed by atoms with Crippen molar-refractivity contribution in [1.82, 2.24) is 10.6 Å². The van der Waals surface area contributed by atoms with Gasteiger partial charge in [-0.2, -0.15) is 0 Å². The molecule has 0 saturated carbocycles. The quantitative estimate of drug-likeness (QED) is 0.754. The zero-order valence-electron chi connectivity index (χ0n) is 16.7. The lowest BCUT2D eigenvalue weighted by Crippen LogP contribution is -2.44. The highest BCUT2D eigenvalue weighted by atomic mass is 16.2. The SMILES string of the molecule is CCNC(=O)C(=O)NC[C@@H](c1ccc(N(C)C)cc1)N1CCc2ccccc21. The van der Waals surface area contributed by atoms with Gasteiger partial charge in [-0.25, -0.2) is 0 Å². The molecule has 0 unspecified atom stereocenters. The zero-order valence-corrected chi connectivity index (χ0v) is 16.7. The van der Waals surface area contributed by atoms with Crippen molar-refractivity contribution in [3.63, 3.8) is 0 Å². The Morgan fingerprint density at radius 1 is 1.04 bits per heavy atom. The number of carbonyl (C=O) groups is 2. The van der Waals surface area contributed by atoms with Crippen LogP contribution in [0.5, 0.6) is 0 Å². The van der Waals surface area contributed by atoms with E-state index in [9.17, 15) is 9.59 Å². The van der Waals surface area contributed by atoms with Crippen molar-refractivity contribution in [2.45, 2.75) is 19.4 Å². The Hall–Kier alpha value is -3.02. The van der Waals surface area contributed by atoms with E-state index in [2.05, 4.69) is 62.9 Å². The summed E-state index contributed by atoms with van der Waals surface area (Å²) < 4.78 is 0. The van der Waals surface area contributed by atoms with Gasteiger partial charge in [-0.3, -0.25) is 9.59 Å². The van der Waals surface area contributed by atoms with Crippen LogP contribution in [0.3, 0.4) is 0 Å². The molecule has 0 spiro atoms. The van der Waals surface area contributed by atoms with Gasteiger partial charge in [0, 0.05) is 45.1 Å². The number of carbonyl (C=O) groups excluding carboxylic acids is 2. The van der Waals surface area contributed by atoms with Crippen LogP contribution in [0.1, 0.15) is 24.1 Å². The molecule has 2 aromatic carbocycles. The van der Waals surface area contributed by atoms with E-state index in [1.54, 1.807) is 6.92 Å². The van der Waals surface area contributed by atoms with Gasteiger partial charge in [0.25, 0.3) is 0 Å². The van der Waals surface area contributed by atoms with E-state index < -0.39 is 11.8 Å². The van der Waals surface area contributed by atoms with E-state index in [-0.39, 0.29) is 6.04 Å². The van der Waals surface area contributed by atoms with Gasteiger partial charge in [0.15, 0.2) is 0 Å². The van der Waals surface area contributed by atoms with Crippen LogP contribution >= 0.6 is 0 Å². The second kappa shape index (κ2) is 8.78. The Balaban J connectivity index is 1.84. The van der Waals surface area contributed by atoms with Gasteiger partial charge in [-0.05, 0) is 42.7 Å². The minimum atomic E-state index is -0.593. The Morgan fingerprint density at radius 3 is 2.39 bits per heavy atom. The summed E-state index contributed by atoms with van der Waals surface area (Å²) >= 11 is 0. The number of benzene rings is 2. The lowest BCUT2D eigenvalue weighted by atomic mass is 10.0. The van der Waals surface area contributed by atoms with E-state index in [0.717, 1.165) is 24.2 Å². The van der Waals surface area contributed by atoms with Crippen LogP contribution in [0.25, 0.3) is 0 Å². The average Bonchev–Trinajstić information content (AvgIpc) is 3.12. The molecule has 0 aromatic heterocycles. The van der Waals surface area contributed by atoms with Crippen LogP contribution in [0, 0.1) is 0 Å². The summed E-state index contributed by atoms with van der Waals surface area (Å²) in [5, 5.41) is 5.35. The second-order valence-electron chi connectivity index (χ2n) is 7.14. The summed E-state index contributed by atoms with van der Waals surface area (Å²) in [6, 6.07) is 16.7. The maximum Gasteiger partial charge on any atom is 0.309 e. The number of rotatable bonds is 6. The number of likely N-dealkylation sites (N-methyl/N-ethyl adjacent to an activating group) is 1. The normalized spacial score (nSPS) is 13.6. The van der Waals surface area contributed by atoms with Crippen LogP contribution < -0.4 is 20.4 Å². The van der Waals surface area contributed by atoms with Crippen molar-refractivity contribution >= 4 is 23.2 Å². The maximum atomic E-state index is 12.1. The Bertz CT molecular complexity index is 833. The molecule has 1 atom stereocenters. The first-order valence-electron chi connectivity index (χ1n) is 9.69. The highest BCUT2D eigenvalue weighted by Gasteiger charge is 2.28.